The Kier molecular flexibility index (Phi) is 5.18. The van der Waals surface area contributed by atoms with E-state index in [1.165, 1.54) is 0 Å². The van der Waals surface area contributed by atoms with Gasteiger partial charge in [-0.15, -0.1) is 0 Å². The highest BCUT2D eigenvalue weighted by molar-refractivity contribution is 6.40. The number of anilines is 2. The number of benzene rings is 1. The molecule has 2 aromatic rings. The topological polar surface area (TPSA) is 67.4 Å². The fraction of sp³-hybridized carbons (Fsp3) is 0.312. The maximum absolute atomic E-state index is 12.5. The third-order valence-electron chi connectivity index (χ3n) is 3.59. The number of morpholine rings is 1. The highest BCUT2D eigenvalue weighted by atomic mass is 35.5. The monoisotopic (exact) mass is 366 g/mol. The number of aromatic nitrogens is 2. The Hall–Kier alpha value is -1.89. The molecule has 0 atom stereocenters. The third-order valence-corrected chi connectivity index (χ3v) is 4.22. The minimum absolute atomic E-state index is 0.264. The summed E-state index contributed by atoms with van der Waals surface area (Å²) < 4.78 is 5.34. The van der Waals surface area contributed by atoms with Crippen LogP contribution in [0.15, 0.2) is 24.3 Å². The molecule has 1 N–H and O–H groups in total. The number of nitrogens with zero attached hydrogens (tertiary/aromatic N) is 3. The maximum Gasteiger partial charge on any atom is 0.274 e. The van der Waals surface area contributed by atoms with Gasteiger partial charge < -0.3 is 15.0 Å². The largest absolute Gasteiger partial charge is 0.378 e. The van der Waals surface area contributed by atoms with E-state index in [4.69, 9.17) is 27.9 Å². The lowest BCUT2D eigenvalue weighted by Gasteiger charge is -2.28. The molecular formula is C16H16Cl2N4O2. The molecule has 126 valence electrons. The first-order chi connectivity index (χ1) is 11.5. The van der Waals surface area contributed by atoms with Crippen LogP contribution in [0.3, 0.4) is 0 Å². The SMILES string of the molecule is Cc1nc(C(=O)Nc2c(Cl)cccc2Cl)cc(N2CCOCC2)n1. The van der Waals surface area contributed by atoms with Crippen molar-refractivity contribution in [2.45, 2.75) is 6.92 Å². The molecule has 24 heavy (non-hydrogen) atoms. The van der Waals surface area contributed by atoms with E-state index in [1.807, 2.05) is 0 Å². The summed E-state index contributed by atoms with van der Waals surface area (Å²) in [6.45, 7) is 4.49. The predicted molar refractivity (Wildman–Crippen MR) is 94.2 cm³/mol. The van der Waals surface area contributed by atoms with Crippen LogP contribution in [-0.4, -0.2) is 42.2 Å². The summed E-state index contributed by atoms with van der Waals surface area (Å²) in [6, 6.07) is 6.70. The second-order valence-electron chi connectivity index (χ2n) is 5.31. The van der Waals surface area contributed by atoms with Gasteiger partial charge in [-0.3, -0.25) is 4.79 Å². The minimum Gasteiger partial charge on any atom is -0.378 e. The van der Waals surface area contributed by atoms with Crippen molar-refractivity contribution in [2.75, 3.05) is 36.5 Å². The number of rotatable bonds is 3. The molecule has 1 aliphatic heterocycles. The van der Waals surface area contributed by atoms with E-state index in [0.29, 0.717) is 40.6 Å². The molecule has 1 aliphatic rings. The van der Waals surface area contributed by atoms with Gasteiger partial charge in [-0.25, -0.2) is 9.97 Å². The smallest absolute Gasteiger partial charge is 0.274 e. The van der Waals surface area contributed by atoms with E-state index in [-0.39, 0.29) is 11.6 Å². The summed E-state index contributed by atoms with van der Waals surface area (Å²) >= 11 is 12.2. The van der Waals surface area contributed by atoms with Crippen molar-refractivity contribution in [1.29, 1.82) is 0 Å². The summed E-state index contributed by atoms with van der Waals surface area (Å²) in [4.78, 5) is 23.2. The average molecular weight is 367 g/mol. The second kappa shape index (κ2) is 7.34. The predicted octanol–water partition coefficient (Wildman–Crippen LogP) is 3.18. The van der Waals surface area contributed by atoms with Gasteiger partial charge in [-0.1, -0.05) is 29.3 Å². The average Bonchev–Trinajstić information content (AvgIpc) is 2.58. The highest BCUT2D eigenvalue weighted by Crippen LogP contribution is 2.30. The molecule has 1 aromatic carbocycles. The molecule has 0 aliphatic carbocycles. The van der Waals surface area contributed by atoms with Crippen LogP contribution >= 0.6 is 23.2 Å². The van der Waals surface area contributed by atoms with Crippen LogP contribution < -0.4 is 10.2 Å². The number of aryl methyl sites for hydroxylation is 1. The van der Waals surface area contributed by atoms with Crippen LogP contribution in [0.5, 0.6) is 0 Å². The zero-order chi connectivity index (χ0) is 17.1. The molecule has 0 radical (unpaired) electrons. The van der Waals surface area contributed by atoms with Crippen LogP contribution in [0, 0.1) is 6.92 Å². The molecule has 8 heteroatoms. The van der Waals surface area contributed by atoms with Crippen LogP contribution in [-0.2, 0) is 4.74 Å². The van der Waals surface area contributed by atoms with E-state index in [2.05, 4.69) is 20.2 Å². The lowest BCUT2D eigenvalue weighted by Crippen LogP contribution is -2.37. The Bertz CT molecular complexity index is 743. The van der Waals surface area contributed by atoms with Crippen molar-refractivity contribution in [3.05, 3.63) is 45.8 Å². The Morgan fingerprint density at radius 1 is 1.21 bits per heavy atom. The summed E-state index contributed by atoms with van der Waals surface area (Å²) in [6.07, 6.45) is 0. The number of amides is 1. The van der Waals surface area contributed by atoms with Crippen LogP contribution in [0.4, 0.5) is 11.5 Å². The molecule has 0 saturated carbocycles. The molecule has 0 unspecified atom stereocenters. The Morgan fingerprint density at radius 3 is 2.54 bits per heavy atom. The first-order valence-corrected chi connectivity index (χ1v) is 8.24. The quantitative estimate of drug-likeness (QED) is 0.903. The zero-order valence-corrected chi connectivity index (χ0v) is 14.6. The molecule has 1 saturated heterocycles. The second-order valence-corrected chi connectivity index (χ2v) is 6.12. The van der Waals surface area contributed by atoms with Crippen molar-refractivity contribution in [3.8, 4) is 0 Å². The number of hydrogen-bond donors (Lipinski definition) is 1. The number of nitrogens with one attached hydrogen (secondary N) is 1. The molecule has 2 heterocycles. The molecule has 3 rings (SSSR count). The fourth-order valence-corrected chi connectivity index (χ4v) is 2.91. The molecule has 6 nitrogen and oxygen atoms in total. The van der Waals surface area contributed by atoms with E-state index < -0.39 is 0 Å². The summed E-state index contributed by atoms with van der Waals surface area (Å²) in [5.74, 6) is 0.848. The lowest BCUT2D eigenvalue weighted by atomic mass is 10.2. The Morgan fingerprint density at radius 2 is 1.88 bits per heavy atom. The Balaban J connectivity index is 1.85. The molecule has 1 amide bonds. The van der Waals surface area contributed by atoms with Gasteiger partial charge in [0.15, 0.2) is 0 Å². The van der Waals surface area contributed by atoms with Crippen molar-refractivity contribution < 1.29 is 9.53 Å². The van der Waals surface area contributed by atoms with Crippen LogP contribution in [0.25, 0.3) is 0 Å². The van der Waals surface area contributed by atoms with Gasteiger partial charge >= 0.3 is 0 Å². The van der Waals surface area contributed by atoms with Gasteiger partial charge in [0, 0.05) is 19.2 Å². The Labute approximate surface area is 149 Å². The maximum atomic E-state index is 12.5. The van der Waals surface area contributed by atoms with E-state index in [1.54, 1.807) is 31.2 Å². The molecular weight excluding hydrogens is 351 g/mol. The van der Waals surface area contributed by atoms with Crippen molar-refractivity contribution in [3.63, 3.8) is 0 Å². The van der Waals surface area contributed by atoms with Crippen LogP contribution in [0.1, 0.15) is 16.3 Å². The van der Waals surface area contributed by atoms with E-state index >= 15 is 0 Å². The number of hydrogen-bond acceptors (Lipinski definition) is 5. The standard InChI is InChI=1S/C16H16Cl2N4O2/c1-10-19-13(9-14(20-10)22-5-7-24-8-6-22)16(23)21-15-11(17)3-2-4-12(15)18/h2-4,9H,5-8H2,1H3,(H,21,23). The van der Waals surface area contributed by atoms with Crippen LogP contribution in [0.2, 0.25) is 10.0 Å². The van der Waals surface area contributed by atoms with Gasteiger partial charge in [0.1, 0.15) is 17.3 Å². The number of para-hydroxylation sites is 1. The number of carbonyl (C=O) groups is 1. The first-order valence-electron chi connectivity index (χ1n) is 7.48. The summed E-state index contributed by atoms with van der Waals surface area (Å²) in [5.41, 5.74) is 0.634. The molecule has 1 fully saturated rings. The van der Waals surface area contributed by atoms with Gasteiger partial charge in [0.25, 0.3) is 5.91 Å². The zero-order valence-electron chi connectivity index (χ0n) is 13.1. The number of ether oxygens (including phenoxy) is 1. The third kappa shape index (κ3) is 3.77. The fourth-order valence-electron chi connectivity index (χ4n) is 2.42. The van der Waals surface area contributed by atoms with Gasteiger partial charge in [-0.2, -0.15) is 0 Å². The molecule has 1 aromatic heterocycles. The minimum atomic E-state index is -0.384. The summed E-state index contributed by atoms with van der Waals surface area (Å²) in [7, 11) is 0. The van der Waals surface area contributed by atoms with Gasteiger partial charge in [0.05, 0.1) is 28.9 Å². The van der Waals surface area contributed by atoms with E-state index in [0.717, 1.165) is 13.1 Å². The molecule has 0 spiro atoms. The normalized spacial score (nSPS) is 14.5. The van der Waals surface area contributed by atoms with Gasteiger partial charge in [-0.05, 0) is 19.1 Å². The van der Waals surface area contributed by atoms with E-state index in [9.17, 15) is 4.79 Å². The number of carbonyl (C=O) groups excluding carboxylic acids is 1. The first kappa shape index (κ1) is 17.0. The van der Waals surface area contributed by atoms with Crippen molar-refractivity contribution in [2.24, 2.45) is 0 Å². The summed E-state index contributed by atoms with van der Waals surface area (Å²) in [5, 5.41) is 3.46. The van der Waals surface area contributed by atoms with Crippen molar-refractivity contribution >= 4 is 40.6 Å². The highest BCUT2D eigenvalue weighted by Gasteiger charge is 2.18. The van der Waals surface area contributed by atoms with Gasteiger partial charge in [0.2, 0.25) is 0 Å². The van der Waals surface area contributed by atoms with Crippen molar-refractivity contribution in [1.82, 2.24) is 9.97 Å². The lowest BCUT2D eigenvalue weighted by molar-refractivity contribution is 0.102. The molecule has 0 bridgehead atoms. The number of halogens is 2.